The Bertz CT molecular complexity index is 115. The zero-order valence-corrected chi connectivity index (χ0v) is 10.8. The molecule has 0 fully saturated rings. The van der Waals surface area contributed by atoms with Crippen molar-refractivity contribution in [3.05, 3.63) is 0 Å². The number of methoxy groups -OCH3 is 1. The standard InChI is InChI=1S/C13H28O2/c1-4-6-7-8-9-10-11-13(5-2)15-12-14-3/h13H,4-12H2,1-3H3. The first-order chi connectivity index (χ1) is 7.35. The lowest BCUT2D eigenvalue weighted by molar-refractivity contribution is -0.0755. The molecule has 0 aromatic carbocycles. The second-order valence-corrected chi connectivity index (χ2v) is 4.16. The van der Waals surface area contributed by atoms with Gasteiger partial charge in [0.25, 0.3) is 0 Å². The Kier molecular flexibility index (Phi) is 11.9. The molecular formula is C13H28O2. The molecule has 0 aromatic rings. The molecule has 2 heteroatoms. The van der Waals surface area contributed by atoms with Crippen molar-refractivity contribution in [1.82, 2.24) is 0 Å². The van der Waals surface area contributed by atoms with Gasteiger partial charge in [0.15, 0.2) is 0 Å². The van der Waals surface area contributed by atoms with Crippen molar-refractivity contribution in [1.29, 1.82) is 0 Å². The van der Waals surface area contributed by atoms with Crippen molar-refractivity contribution in [2.75, 3.05) is 13.9 Å². The molecule has 0 saturated heterocycles. The normalized spacial score (nSPS) is 13.0. The van der Waals surface area contributed by atoms with E-state index in [1.165, 1.54) is 44.9 Å². The summed E-state index contributed by atoms with van der Waals surface area (Å²) in [4.78, 5) is 0. The van der Waals surface area contributed by atoms with Gasteiger partial charge in [-0.3, -0.25) is 0 Å². The number of ether oxygens (including phenoxy) is 2. The average molecular weight is 216 g/mol. The summed E-state index contributed by atoms with van der Waals surface area (Å²) in [6, 6.07) is 0. The highest BCUT2D eigenvalue weighted by Crippen LogP contribution is 2.12. The van der Waals surface area contributed by atoms with E-state index in [1.807, 2.05) is 0 Å². The second-order valence-electron chi connectivity index (χ2n) is 4.16. The van der Waals surface area contributed by atoms with Crippen LogP contribution in [-0.2, 0) is 9.47 Å². The van der Waals surface area contributed by atoms with Gasteiger partial charge in [0.1, 0.15) is 6.79 Å². The maximum atomic E-state index is 5.55. The van der Waals surface area contributed by atoms with Gasteiger partial charge >= 0.3 is 0 Å². The molecule has 15 heavy (non-hydrogen) atoms. The van der Waals surface area contributed by atoms with Gasteiger partial charge in [0.05, 0.1) is 6.10 Å². The Morgan fingerprint density at radius 2 is 1.60 bits per heavy atom. The van der Waals surface area contributed by atoms with E-state index in [1.54, 1.807) is 7.11 Å². The first-order valence-corrected chi connectivity index (χ1v) is 6.45. The number of hydrogen-bond acceptors (Lipinski definition) is 2. The molecule has 1 unspecified atom stereocenters. The zero-order chi connectivity index (χ0) is 11.4. The summed E-state index contributed by atoms with van der Waals surface area (Å²) in [5.74, 6) is 0. The fourth-order valence-corrected chi connectivity index (χ4v) is 1.72. The van der Waals surface area contributed by atoms with Crippen molar-refractivity contribution in [2.24, 2.45) is 0 Å². The maximum absolute atomic E-state index is 5.55. The molecule has 0 rings (SSSR count). The fourth-order valence-electron chi connectivity index (χ4n) is 1.72. The van der Waals surface area contributed by atoms with E-state index in [0.717, 1.165) is 6.42 Å². The lowest BCUT2D eigenvalue weighted by atomic mass is 10.1. The van der Waals surface area contributed by atoms with E-state index in [-0.39, 0.29) is 0 Å². The molecule has 0 aliphatic carbocycles. The molecule has 0 spiro atoms. The van der Waals surface area contributed by atoms with Crippen LogP contribution in [0.2, 0.25) is 0 Å². The van der Waals surface area contributed by atoms with Crippen molar-refractivity contribution >= 4 is 0 Å². The Morgan fingerprint density at radius 3 is 2.20 bits per heavy atom. The van der Waals surface area contributed by atoms with E-state index >= 15 is 0 Å². The highest BCUT2D eigenvalue weighted by molar-refractivity contribution is 4.55. The van der Waals surface area contributed by atoms with Crippen LogP contribution in [0.4, 0.5) is 0 Å². The molecule has 0 N–H and O–H groups in total. The average Bonchev–Trinajstić information content (AvgIpc) is 2.27. The van der Waals surface area contributed by atoms with Gasteiger partial charge in [-0.05, 0) is 12.8 Å². The van der Waals surface area contributed by atoms with Crippen LogP contribution in [0.3, 0.4) is 0 Å². The predicted molar refractivity (Wildman–Crippen MR) is 65.0 cm³/mol. The lowest BCUT2D eigenvalue weighted by Gasteiger charge is -2.14. The summed E-state index contributed by atoms with van der Waals surface area (Å²) >= 11 is 0. The number of hydrogen-bond donors (Lipinski definition) is 0. The van der Waals surface area contributed by atoms with Crippen molar-refractivity contribution in [3.63, 3.8) is 0 Å². The van der Waals surface area contributed by atoms with Gasteiger partial charge < -0.3 is 9.47 Å². The summed E-state index contributed by atoms with van der Waals surface area (Å²) in [6.07, 6.45) is 10.8. The molecule has 1 atom stereocenters. The van der Waals surface area contributed by atoms with Crippen molar-refractivity contribution < 1.29 is 9.47 Å². The number of rotatable bonds is 11. The van der Waals surface area contributed by atoms with Crippen LogP contribution >= 0.6 is 0 Å². The van der Waals surface area contributed by atoms with E-state index in [9.17, 15) is 0 Å². The van der Waals surface area contributed by atoms with E-state index in [0.29, 0.717) is 12.9 Å². The van der Waals surface area contributed by atoms with Gasteiger partial charge in [0.2, 0.25) is 0 Å². The lowest BCUT2D eigenvalue weighted by Crippen LogP contribution is -2.13. The highest BCUT2D eigenvalue weighted by atomic mass is 16.7. The summed E-state index contributed by atoms with van der Waals surface area (Å²) in [5, 5.41) is 0. The van der Waals surface area contributed by atoms with Crippen LogP contribution in [0.1, 0.15) is 65.2 Å². The Balaban J connectivity index is 3.22. The van der Waals surface area contributed by atoms with Crippen LogP contribution in [0, 0.1) is 0 Å². The van der Waals surface area contributed by atoms with Crippen LogP contribution < -0.4 is 0 Å². The maximum Gasteiger partial charge on any atom is 0.146 e. The molecule has 0 aliphatic heterocycles. The quantitative estimate of drug-likeness (QED) is 0.382. The first kappa shape index (κ1) is 14.9. The van der Waals surface area contributed by atoms with Gasteiger partial charge in [-0.1, -0.05) is 52.4 Å². The fraction of sp³-hybridized carbons (Fsp3) is 1.00. The molecule has 2 nitrogen and oxygen atoms in total. The molecule has 0 radical (unpaired) electrons. The molecule has 0 bridgehead atoms. The minimum atomic E-state index is 0.399. The minimum Gasteiger partial charge on any atom is -0.359 e. The summed E-state index contributed by atoms with van der Waals surface area (Å²) < 4.78 is 10.5. The third-order valence-corrected chi connectivity index (χ3v) is 2.76. The molecule has 0 amide bonds. The molecular weight excluding hydrogens is 188 g/mol. The van der Waals surface area contributed by atoms with E-state index in [2.05, 4.69) is 13.8 Å². The minimum absolute atomic E-state index is 0.399. The third kappa shape index (κ3) is 10.2. The molecule has 0 saturated carbocycles. The molecule has 0 aromatic heterocycles. The molecule has 0 aliphatic rings. The third-order valence-electron chi connectivity index (χ3n) is 2.76. The van der Waals surface area contributed by atoms with E-state index in [4.69, 9.17) is 9.47 Å². The largest absolute Gasteiger partial charge is 0.359 e. The van der Waals surface area contributed by atoms with Crippen LogP contribution in [0.25, 0.3) is 0 Å². The second kappa shape index (κ2) is 12.0. The van der Waals surface area contributed by atoms with Crippen LogP contribution in [0.5, 0.6) is 0 Å². The first-order valence-electron chi connectivity index (χ1n) is 6.45. The summed E-state index contributed by atoms with van der Waals surface area (Å²) in [6.45, 7) is 4.87. The van der Waals surface area contributed by atoms with Crippen molar-refractivity contribution in [2.45, 2.75) is 71.3 Å². The van der Waals surface area contributed by atoms with Gasteiger partial charge in [0, 0.05) is 7.11 Å². The van der Waals surface area contributed by atoms with Crippen LogP contribution in [0.15, 0.2) is 0 Å². The summed E-state index contributed by atoms with van der Waals surface area (Å²) in [5.41, 5.74) is 0. The van der Waals surface area contributed by atoms with E-state index < -0.39 is 0 Å². The Hall–Kier alpha value is -0.0800. The van der Waals surface area contributed by atoms with Gasteiger partial charge in [-0.15, -0.1) is 0 Å². The monoisotopic (exact) mass is 216 g/mol. The number of unbranched alkanes of at least 4 members (excludes halogenated alkanes) is 5. The Labute approximate surface area is 95.3 Å². The van der Waals surface area contributed by atoms with Crippen LogP contribution in [-0.4, -0.2) is 20.0 Å². The molecule has 0 heterocycles. The predicted octanol–water partition coefficient (Wildman–Crippen LogP) is 4.14. The Morgan fingerprint density at radius 1 is 0.933 bits per heavy atom. The topological polar surface area (TPSA) is 18.5 Å². The zero-order valence-electron chi connectivity index (χ0n) is 10.8. The van der Waals surface area contributed by atoms with Crippen molar-refractivity contribution in [3.8, 4) is 0 Å². The van der Waals surface area contributed by atoms with Gasteiger partial charge in [-0.25, -0.2) is 0 Å². The smallest absolute Gasteiger partial charge is 0.146 e. The SMILES string of the molecule is CCCCCCCCC(CC)OCOC. The van der Waals surface area contributed by atoms with Gasteiger partial charge in [-0.2, -0.15) is 0 Å². The highest BCUT2D eigenvalue weighted by Gasteiger charge is 2.05. The summed E-state index contributed by atoms with van der Waals surface area (Å²) in [7, 11) is 1.68. The molecule has 92 valence electrons.